The maximum atomic E-state index is 12.8. The van der Waals surface area contributed by atoms with E-state index in [1.54, 1.807) is 18.7 Å². The first-order valence-corrected chi connectivity index (χ1v) is 7.24. The van der Waals surface area contributed by atoms with Gasteiger partial charge in [0.05, 0.1) is 12.1 Å². The molecule has 1 amide bonds. The van der Waals surface area contributed by atoms with Crippen LogP contribution in [0.25, 0.3) is 0 Å². The second kappa shape index (κ2) is 7.87. The average molecular weight is 337 g/mol. The Morgan fingerprint density at radius 1 is 1.36 bits per heavy atom. The minimum Gasteiger partial charge on any atom is -0.342 e. The molecule has 5 nitrogen and oxygen atoms in total. The van der Waals surface area contributed by atoms with E-state index in [1.165, 1.54) is 0 Å². The zero-order valence-electron chi connectivity index (χ0n) is 12.9. The molecule has 0 unspecified atom stereocenters. The molecule has 0 aromatic carbocycles. The molecule has 0 aliphatic carbocycles. The Labute approximate surface area is 135 Å². The maximum Gasteiger partial charge on any atom is 0.333 e. The van der Waals surface area contributed by atoms with Gasteiger partial charge in [0, 0.05) is 24.3 Å². The summed E-state index contributed by atoms with van der Waals surface area (Å²) in [5, 5.41) is 3.81. The summed E-state index contributed by atoms with van der Waals surface area (Å²) < 4.78 is 26.3. The molecular formula is C14H23ClF2N4O. The van der Waals surface area contributed by atoms with Gasteiger partial charge in [-0.3, -0.25) is 4.79 Å². The van der Waals surface area contributed by atoms with Gasteiger partial charge in [-0.25, -0.2) is 4.68 Å². The zero-order chi connectivity index (χ0) is 15.6. The molecule has 0 spiro atoms. The topological polar surface area (TPSA) is 64.2 Å². The van der Waals surface area contributed by atoms with Crippen LogP contribution in [-0.2, 0) is 11.2 Å². The summed E-state index contributed by atoms with van der Waals surface area (Å²) in [7, 11) is 0. The fraction of sp³-hybridized carbons (Fsp3) is 0.714. The Kier molecular flexibility index (Phi) is 6.74. The minimum absolute atomic E-state index is 0. The molecule has 1 saturated heterocycles. The molecule has 126 valence electrons. The number of nitrogens with zero attached hydrogens (tertiary/aromatic N) is 3. The molecule has 0 saturated carbocycles. The summed E-state index contributed by atoms with van der Waals surface area (Å²) >= 11 is 0. The van der Waals surface area contributed by atoms with Crippen molar-refractivity contribution in [1.82, 2.24) is 14.7 Å². The Bertz CT molecular complexity index is 513. The maximum absolute atomic E-state index is 12.8. The summed E-state index contributed by atoms with van der Waals surface area (Å²) in [6.45, 7) is 2.61. The molecule has 2 rings (SSSR count). The number of aryl methyl sites for hydroxylation is 1. The number of rotatable bonds is 4. The Hall–Kier alpha value is -1.21. The van der Waals surface area contributed by atoms with Gasteiger partial charge in [-0.2, -0.15) is 13.9 Å². The lowest BCUT2D eigenvalue weighted by Crippen LogP contribution is -2.40. The number of alkyl halides is 2. The van der Waals surface area contributed by atoms with E-state index in [4.69, 9.17) is 5.73 Å². The predicted octanol–water partition coefficient (Wildman–Crippen LogP) is 2.06. The Morgan fingerprint density at radius 3 is 2.41 bits per heavy atom. The van der Waals surface area contributed by atoms with Gasteiger partial charge in [0.1, 0.15) is 0 Å². The number of aromatic nitrogens is 2. The van der Waals surface area contributed by atoms with Crippen LogP contribution in [0.4, 0.5) is 8.78 Å². The molecule has 8 heteroatoms. The fourth-order valence-corrected chi connectivity index (χ4v) is 2.82. The third-order valence-corrected chi connectivity index (χ3v) is 4.29. The number of likely N-dealkylation sites (tertiary alicyclic amines) is 1. The normalized spacial score (nSPS) is 16.0. The van der Waals surface area contributed by atoms with Crippen molar-refractivity contribution >= 4 is 18.3 Å². The van der Waals surface area contributed by atoms with Crippen LogP contribution in [0, 0.1) is 19.8 Å². The van der Waals surface area contributed by atoms with Crippen LogP contribution in [0.3, 0.4) is 0 Å². The second-order valence-corrected chi connectivity index (χ2v) is 5.61. The van der Waals surface area contributed by atoms with Gasteiger partial charge in [-0.1, -0.05) is 0 Å². The Morgan fingerprint density at radius 2 is 1.95 bits per heavy atom. The van der Waals surface area contributed by atoms with Gasteiger partial charge < -0.3 is 10.6 Å². The number of carbonyl (C=O) groups is 1. The van der Waals surface area contributed by atoms with Gasteiger partial charge in [-0.05, 0) is 39.2 Å². The van der Waals surface area contributed by atoms with Crippen LogP contribution in [0.15, 0.2) is 0 Å². The smallest absolute Gasteiger partial charge is 0.333 e. The van der Waals surface area contributed by atoms with Crippen molar-refractivity contribution in [3.05, 3.63) is 17.0 Å². The highest BCUT2D eigenvalue weighted by Crippen LogP contribution is 2.22. The Balaban J connectivity index is 0.00000242. The lowest BCUT2D eigenvalue weighted by molar-refractivity contribution is -0.131. The number of halogens is 3. The van der Waals surface area contributed by atoms with E-state index in [0.717, 1.165) is 12.8 Å². The van der Waals surface area contributed by atoms with Crippen molar-refractivity contribution in [1.29, 1.82) is 0 Å². The third kappa shape index (κ3) is 3.95. The van der Waals surface area contributed by atoms with Crippen molar-refractivity contribution in [3.8, 4) is 0 Å². The summed E-state index contributed by atoms with van der Waals surface area (Å²) in [5.74, 6) is 0.463. The van der Waals surface area contributed by atoms with E-state index in [0.29, 0.717) is 47.2 Å². The van der Waals surface area contributed by atoms with Gasteiger partial charge in [0.25, 0.3) is 0 Å². The number of hydrogen-bond donors (Lipinski definition) is 1. The number of amides is 1. The van der Waals surface area contributed by atoms with E-state index in [2.05, 4.69) is 5.10 Å². The van der Waals surface area contributed by atoms with Gasteiger partial charge in [0.2, 0.25) is 5.91 Å². The first-order valence-electron chi connectivity index (χ1n) is 7.24. The summed E-state index contributed by atoms with van der Waals surface area (Å²) in [6, 6.07) is 0. The number of nitrogens with two attached hydrogens (primary N) is 1. The van der Waals surface area contributed by atoms with Crippen LogP contribution in [0.2, 0.25) is 0 Å². The zero-order valence-corrected chi connectivity index (χ0v) is 13.7. The molecule has 1 aliphatic heterocycles. The van der Waals surface area contributed by atoms with Crippen molar-refractivity contribution in [3.63, 3.8) is 0 Å². The molecule has 1 aromatic rings. The van der Waals surface area contributed by atoms with Crippen molar-refractivity contribution in [2.75, 3.05) is 19.6 Å². The quantitative estimate of drug-likeness (QED) is 0.915. The minimum atomic E-state index is -2.67. The van der Waals surface area contributed by atoms with E-state index in [9.17, 15) is 13.6 Å². The second-order valence-electron chi connectivity index (χ2n) is 5.61. The van der Waals surface area contributed by atoms with Crippen LogP contribution in [0.1, 0.15) is 36.3 Å². The molecular weight excluding hydrogens is 314 g/mol. The lowest BCUT2D eigenvalue weighted by Gasteiger charge is -2.31. The van der Waals surface area contributed by atoms with E-state index >= 15 is 0 Å². The number of carbonyl (C=O) groups excluding carboxylic acids is 1. The molecule has 0 radical (unpaired) electrons. The van der Waals surface area contributed by atoms with Crippen LogP contribution >= 0.6 is 12.4 Å². The third-order valence-electron chi connectivity index (χ3n) is 4.29. The highest BCUT2D eigenvalue weighted by atomic mass is 35.5. The van der Waals surface area contributed by atoms with Crippen LogP contribution < -0.4 is 5.73 Å². The van der Waals surface area contributed by atoms with Crippen molar-refractivity contribution in [2.45, 2.75) is 39.7 Å². The standard InChI is InChI=1S/C14H22F2N4O.ClH/c1-9-12(10(2)20(18-9)14(15)16)7-13(21)19-5-3-11(8-17)4-6-19;/h11,14H,3-8,17H2,1-2H3;1H. The molecule has 0 bridgehead atoms. The van der Waals surface area contributed by atoms with E-state index in [-0.39, 0.29) is 24.7 Å². The van der Waals surface area contributed by atoms with Gasteiger partial charge >= 0.3 is 6.55 Å². The molecule has 22 heavy (non-hydrogen) atoms. The highest BCUT2D eigenvalue weighted by Gasteiger charge is 2.25. The van der Waals surface area contributed by atoms with Crippen molar-refractivity contribution < 1.29 is 13.6 Å². The predicted molar refractivity (Wildman–Crippen MR) is 82.3 cm³/mol. The monoisotopic (exact) mass is 336 g/mol. The SMILES string of the molecule is Cc1nn(C(F)F)c(C)c1CC(=O)N1CCC(CN)CC1.Cl. The molecule has 0 atom stereocenters. The lowest BCUT2D eigenvalue weighted by atomic mass is 9.96. The average Bonchev–Trinajstić information content (AvgIpc) is 2.75. The molecule has 2 heterocycles. The van der Waals surface area contributed by atoms with E-state index in [1.807, 2.05) is 0 Å². The fourth-order valence-electron chi connectivity index (χ4n) is 2.82. The summed E-state index contributed by atoms with van der Waals surface area (Å²) in [5.41, 5.74) is 7.11. The van der Waals surface area contributed by atoms with Gasteiger partial charge in [-0.15, -0.1) is 12.4 Å². The van der Waals surface area contributed by atoms with E-state index < -0.39 is 6.55 Å². The van der Waals surface area contributed by atoms with Crippen molar-refractivity contribution in [2.24, 2.45) is 11.7 Å². The largest absolute Gasteiger partial charge is 0.342 e. The number of hydrogen-bond acceptors (Lipinski definition) is 3. The van der Waals surface area contributed by atoms with Gasteiger partial charge in [0.15, 0.2) is 0 Å². The molecule has 1 aliphatic rings. The molecule has 2 N–H and O–H groups in total. The molecule has 1 fully saturated rings. The molecule has 1 aromatic heterocycles. The highest BCUT2D eigenvalue weighted by molar-refractivity contribution is 5.85. The first-order chi connectivity index (χ1) is 9.93. The number of piperidine rings is 1. The van der Waals surface area contributed by atoms with Crippen LogP contribution in [0.5, 0.6) is 0 Å². The first kappa shape index (κ1) is 18.8. The van der Waals surface area contributed by atoms with Crippen LogP contribution in [-0.4, -0.2) is 40.2 Å². The summed E-state index contributed by atoms with van der Waals surface area (Å²) in [6.07, 6.45) is 1.96. The summed E-state index contributed by atoms with van der Waals surface area (Å²) in [4.78, 5) is 14.1.